The Morgan fingerprint density at radius 3 is 2.62 bits per heavy atom. The van der Waals surface area contributed by atoms with Gasteiger partial charge in [0, 0.05) is 18.7 Å². The monoisotopic (exact) mass is 391 g/mol. The number of carbonyl (C=O) groups excluding carboxylic acids is 2. The van der Waals surface area contributed by atoms with Crippen molar-refractivity contribution in [3.63, 3.8) is 0 Å². The van der Waals surface area contributed by atoms with Gasteiger partial charge in [0.1, 0.15) is 0 Å². The van der Waals surface area contributed by atoms with E-state index in [-0.39, 0.29) is 19.1 Å². The molecule has 0 saturated carbocycles. The van der Waals surface area contributed by atoms with E-state index in [0.29, 0.717) is 18.9 Å². The normalized spacial score (nSPS) is 13.1. The molecule has 0 aliphatic carbocycles. The van der Waals surface area contributed by atoms with E-state index in [1.54, 1.807) is 4.90 Å². The van der Waals surface area contributed by atoms with E-state index >= 15 is 0 Å². The van der Waals surface area contributed by atoms with Crippen molar-refractivity contribution in [3.8, 4) is 11.4 Å². The van der Waals surface area contributed by atoms with Crippen LogP contribution in [-0.2, 0) is 33.8 Å². The lowest BCUT2D eigenvalue weighted by atomic mass is 10.00. The third-order valence-corrected chi connectivity index (χ3v) is 4.87. The second kappa shape index (κ2) is 8.22. The number of aryl methyl sites for hydroxylation is 1. The van der Waals surface area contributed by atoms with Crippen molar-refractivity contribution in [2.24, 2.45) is 0 Å². The van der Waals surface area contributed by atoms with Gasteiger partial charge in [0.15, 0.2) is 13.2 Å². The number of benzene rings is 2. The molecule has 2 aromatic carbocycles. The smallest absolute Gasteiger partial charge is 0.330 e. The number of ether oxygens (including phenoxy) is 1. The van der Waals surface area contributed by atoms with Crippen molar-refractivity contribution >= 4 is 11.9 Å². The fraction of sp³-hybridized carbons (Fsp3) is 0.286. The Morgan fingerprint density at radius 2 is 1.83 bits per heavy atom. The molecule has 0 atom stereocenters. The van der Waals surface area contributed by atoms with Gasteiger partial charge in [0.25, 0.3) is 5.91 Å². The van der Waals surface area contributed by atoms with Crippen molar-refractivity contribution in [3.05, 3.63) is 65.2 Å². The summed E-state index contributed by atoms with van der Waals surface area (Å²) in [4.78, 5) is 27.3. The second-order valence-corrected chi connectivity index (χ2v) is 7.00. The lowest BCUT2D eigenvalue weighted by Gasteiger charge is -2.28. The highest BCUT2D eigenvalue weighted by atomic mass is 16.5. The van der Waals surface area contributed by atoms with Crippen LogP contribution in [0, 0.1) is 6.92 Å². The first-order chi connectivity index (χ1) is 14.1. The van der Waals surface area contributed by atoms with Crippen molar-refractivity contribution in [2.45, 2.75) is 26.4 Å². The number of nitrogens with zero attached hydrogens (tertiary/aromatic N) is 5. The van der Waals surface area contributed by atoms with E-state index < -0.39 is 5.97 Å². The minimum absolute atomic E-state index is 0.199. The Hall–Kier alpha value is -3.55. The molecule has 1 aromatic heterocycles. The number of hydrogen-bond acceptors (Lipinski definition) is 6. The van der Waals surface area contributed by atoms with E-state index in [1.807, 2.05) is 49.4 Å². The van der Waals surface area contributed by atoms with Crippen LogP contribution in [0.5, 0.6) is 0 Å². The van der Waals surface area contributed by atoms with Gasteiger partial charge in [-0.3, -0.25) is 4.79 Å². The van der Waals surface area contributed by atoms with Crippen LogP contribution in [0.15, 0.2) is 48.5 Å². The molecule has 0 spiro atoms. The lowest BCUT2D eigenvalue weighted by Crippen LogP contribution is -2.38. The zero-order valence-corrected chi connectivity index (χ0v) is 16.1. The number of fused-ring (bicyclic) bond motifs is 1. The lowest BCUT2D eigenvalue weighted by molar-refractivity contribution is -0.153. The summed E-state index contributed by atoms with van der Waals surface area (Å²) >= 11 is 0. The van der Waals surface area contributed by atoms with Crippen LogP contribution >= 0.6 is 0 Å². The molecule has 148 valence electrons. The molecular formula is C21H21N5O3. The number of carbonyl (C=O) groups is 2. The van der Waals surface area contributed by atoms with E-state index in [1.165, 1.54) is 10.4 Å². The van der Waals surface area contributed by atoms with Gasteiger partial charge in [-0.1, -0.05) is 54.1 Å². The van der Waals surface area contributed by atoms with Gasteiger partial charge in [-0.25, -0.2) is 4.79 Å². The van der Waals surface area contributed by atoms with Gasteiger partial charge in [0.05, 0.1) is 0 Å². The van der Waals surface area contributed by atoms with Gasteiger partial charge in [-0.15, -0.1) is 10.2 Å². The zero-order valence-electron chi connectivity index (χ0n) is 16.1. The molecule has 8 heteroatoms. The first-order valence-electron chi connectivity index (χ1n) is 9.43. The number of esters is 1. The number of rotatable bonds is 5. The van der Waals surface area contributed by atoms with Crippen molar-refractivity contribution in [1.82, 2.24) is 25.1 Å². The van der Waals surface area contributed by atoms with Crippen LogP contribution in [-0.4, -0.2) is 50.1 Å². The SMILES string of the molecule is Cc1ccc(-c2nnn(CC(=O)OCC(=O)N3CCc4ccccc4C3)n2)cc1. The molecule has 1 amide bonds. The predicted octanol–water partition coefficient (Wildman–Crippen LogP) is 1.78. The summed E-state index contributed by atoms with van der Waals surface area (Å²) in [5, 5.41) is 12.0. The van der Waals surface area contributed by atoms with Crippen molar-refractivity contribution in [1.29, 1.82) is 0 Å². The topological polar surface area (TPSA) is 90.2 Å². The molecule has 0 fully saturated rings. The molecule has 29 heavy (non-hydrogen) atoms. The number of amides is 1. The largest absolute Gasteiger partial charge is 0.454 e. The van der Waals surface area contributed by atoms with E-state index in [4.69, 9.17) is 4.74 Å². The minimum Gasteiger partial charge on any atom is -0.454 e. The second-order valence-electron chi connectivity index (χ2n) is 7.00. The molecule has 3 aromatic rings. The van der Waals surface area contributed by atoms with Crippen LogP contribution in [0.25, 0.3) is 11.4 Å². The average molecular weight is 391 g/mol. The first-order valence-corrected chi connectivity index (χ1v) is 9.43. The van der Waals surface area contributed by atoms with Crippen molar-refractivity contribution < 1.29 is 14.3 Å². The third kappa shape index (κ3) is 4.48. The minimum atomic E-state index is -0.580. The van der Waals surface area contributed by atoms with Gasteiger partial charge < -0.3 is 9.64 Å². The maximum absolute atomic E-state index is 12.4. The summed E-state index contributed by atoms with van der Waals surface area (Å²) in [6.07, 6.45) is 0.806. The van der Waals surface area contributed by atoms with Crippen LogP contribution in [0.4, 0.5) is 0 Å². The van der Waals surface area contributed by atoms with Gasteiger partial charge in [-0.05, 0) is 29.7 Å². The Bertz CT molecular complexity index is 1030. The van der Waals surface area contributed by atoms with Crippen LogP contribution in [0.2, 0.25) is 0 Å². The quantitative estimate of drug-likeness (QED) is 0.616. The highest BCUT2D eigenvalue weighted by Crippen LogP contribution is 2.18. The maximum atomic E-state index is 12.4. The molecule has 8 nitrogen and oxygen atoms in total. The highest BCUT2D eigenvalue weighted by Gasteiger charge is 2.21. The molecule has 0 N–H and O–H groups in total. The molecule has 0 unspecified atom stereocenters. The van der Waals surface area contributed by atoms with Crippen LogP contribution in [0.1, 0.15) is 16.7 Å². The fourth-order valence-electron chi connectivity index (χ4n) is 3.23. The summed E-state index contributed by atoms with van der Waals surface area (Å²) in [6.45, 7) is 2.67. The maximum Gasteiger partial charge on any atom is 0.330 e. The van der Waals surface area contributed by atoms with E-state index in [2.05, 4.69) is 21.5 Å². The molecule has 1 aliphatic rings. The third-order valence-electron chi connectivity index (χ3n) is 4.87. The Kier molecular flexibility index (Phi) is 5.33. The first kappa shape index (κ1) is 18.8. The summed E-state index contributed by atoms with van der Waals surface area (Å²) in [5.41, 5.74) is 4.34. The molecular weight excluding hydrogens is 370 g/mol. The molecule has 4 rings (SSSR count). The van der Waals surface area contributed by atoms with E-state index in [0.717, 1.165) is 23.1 Å². The molecule has 0 saturated heterocycles. The Balaban J connectivity index is 1.28. The molecule has 0 radical (unpaired) electrons. The Labute approximate surface area is 168 Å². The molecule has 0 bridgehead atoms. The number of hydrogen-bond donors (Lipinski definition) is 0. The summed E-state index contributed by atoms with van der Waals surface area (Å²) in [7, 11) is 0. The number of tetrazole rings is 1. The molecule has 2 heterocycles. The van der Waals surface area contributed by atoms with Crippen LogP contribution in [0.3, 0.4) is 0 Å². The van der Waals surface area contributed by atoms with E-state index in [9.17, 15) is 9.59 Å². The van der Waals surface area contributed by atoms with Gasteiger partial charge >= 0.3 is 5.97 Å². The number of aromatic nitrogens is 4. The predicted molar refractivity (Wildman–Crippen MR) is 105 cm³/mol. The highest BCUT2D eigenvalue weighted by molar-refractivity contribution is 5.80. The standard InChI is InChI=1S/C21H21N5O3/c1-15-6-8-17(9-7-15)21-22-24-26(23-21)13-20(28)29-14-19(27)25-11-10-16-4-2-3-5-18(16)12-25/h2-9H,10-14H2,1H3. The van der Waals surface area contributed by atoms with Gasteiger partial charge in [0.2, 0.25) is 5.82 Å². The zero-order chi connectivity index (χ0) is 20.2. The summed E-state index contributed by atoms with van der Waals surface area (Å²) in [5.74, 6) is -0.357. The van der Waals surface area contributed by atoms with Gasteiger partial charge in [-0.2, -0.15) is 4.80 Å². The Morgan fingerprint density at radius 1 is 1.07 bits per heavy atom. The fourth-order valence-corrected chi connectivity index (χ4v) is 3.23. The van der Waals surface area contributed by atoms with Crippen molar-refractivity contribution in [2.75, 3.05) is 13.2 Å². The average Bonchev–Trinajstić information content (AvgIpc) is 3.20. The van der Waals surface area contributed by atoms with Crippen LogP contribution < -0.4 is 0 Å². The summed E-state index contributed by atoms with van der Waals surface area (Å²) in [6, 6.07) is 15.7. The summed E-state index contributed by atoms with van der Waals surface area (Å²) < 4.78 is 5.12. The molecule has 1 aliphatic heterocycles.